The van der Waals surface area contributed by atoms with Crippen molar-refractivity contribution in [1.29, 1.82) is 0 Å². The average molecular weight is 370 g/mol. The molecule has 0 amide bonds. The van der Waals surface area contributed by atoms with Gasteiger partial charge in [0.05, 0.1) is 6.54 Å². The Bertz CT molecular complexity index is 780. The van der Waals surface area contributed by atoms with E-state index in [0.717, 1.165) is 43.1 Å². The first-order chi connectivity index (χ1) is 13.2. The molecule has 0 aliphatic heterocycles. The number of rotatable bonds is 8. The van der Waals surface area contributed by atoms with Crippen molar-refractivity contribution >= 4 is 17.6 Å². The van der Waals surface area contributed by atoms with Crippen molar-refractivity contribution in [3.63, 3.8) is 0 Å². The summed E-state index contributed by atoms with van der Waals surface area (Å²) in [4.78, 5) is 19.7. The van der Waals surface area contributed by atoms with Crippen LogP contribution in [0.1, 0.15) is 62.4 Å². The molecule has 0 unspecified atom stereocenters. The number of carboxylic acid groups (broad SMARTS) is 1. The Morgan fingerprint density at radius 2 is 2.00 bits per heavy atom. The zero-order valence-corrected chi connectivity index (χ0v) is 15.3. The van der Waals surface area contributed by atoms with Crippen molar-refractivity contribution in [2.45, 2.75) is 63.5 Å². The van der Waals surface area contributed by atoms with Gasteiger partial charge in [0.1, 0.15) is 11.6 Å². The van der Waals surface area contributed by atoms with Crippen LogP contribution in [0.2, 0.25) is 0 Å². The predicted octanol–water partition coefficient (Wildman–Crippen LogP) is 2.94. The van der Waals surface area contributed by atoms with Gasteiger partial charge in [-0.1, -0.05) is 0 Å². The van der Waals surface area contributed by atoms with E-state index in [1.54, 1.807) is 6.20 Å². The van der Waals surface area contributed by atoms with E-state index in [4.69, 9.17) is 5.11 Å². The van der Waals surface area contributed by atoms with Gasteiger partial charge in [-0.3, -0.25) is 9.89 Å². The van der Waals surface area contributed by atoms with Crippen molar-refractivity contribution in [2.75, 3.05) is 5.32 Å². The first-order valence-corrected chi connectivity index (χ1v) is 9.75. The lowest BCUT2D eigenvalue weighted by Gasteiger charge is -2.28. The highest BCUT2D eigenvalue weighted by atomic mass is 16.4. The molecule has 0 atom stereocenters. The molecule has 2 fully saturated rings. The zero-order valence-electron chi connectivity index (χ0n) is 15.3. The van der Waals surface area contributed by atoms with Gasteiger partial charge in [-0.05, 0) is 50.5 Å². The molecule has 27 heavy (non-hydrogen) atoms. The maximum absolute atomic E-state index is 10.8. The molecule has 2 heterocycles. The lowest BCUT2D eigenvalue weighted by molar-refractivity contribution is -0.138. The highest BCUT2D eigenvalue weighted by Gasteiger charge is 2.25. The zero-order chi connectivity index (χ0) is 18.6. The fraction of sp³-hybridized carbons (Fsp3) is 0.579. The highest BCUT2D eigenvalue weighted by Crippen LogP contribution is 2.39. The second kappa shape index (κ2) is 8.04. The third kappa shape index (κ3) is 5.03. The Balaban J connectivity index is 1.26. The molecule has 4 N–H and O–H groups in total. The summed E-state index contributed by atoms with van der Waals surface area (Å²) in [5, 5.41) is 23.0. The van der Waals surface area contributed by atoms with Crippen molar-refractivity contribution in [1.82, 2.24) is 25.5 Å². The van der Waals surface area contributed by atoms with Gasteiger partial charge in [0, 0.05) is 36.3 Å². The molecule has 0 radical (unpaired) electrons. The number of aromatic nitrogens is 4. The molecule has 2 saturated carbocycles. The number of hydrogen-bond acceptors (Lipinski definition) is 6. The van der Waals surface area contributed by atoms with Gasteiger partial charge in [-0.2, -0.15) is 5.10 Å². The SMILES string of the molecule is O=C(O)CC1CCC(NCc2nccc(Nc3cc(C4CC4)[nH]n3)n2)CC1. The van der Waals surface area contributed by atoms with Crippen LogP contribution in [0.25, 0.3) is 0 Å². The molecular weight excluding hydrogens is 344 g/mol. The predicted molar refractivity (Wildman–Crippen MR) is 101 cm³/mol. The smallest absolute Gasteiger partial charge is 0.303 e. The molecule has 2 aliphatic rings. The van der Waals surface area contributed by atoms with Gasteiger partial charge in [-0.25, -0.2) is 9.97 Å². The van der Waals surface area contributed by atoms with E-state index in [2.05, 4.69) is 30.8 Å². The molecule has 0 saturated heterocycles. The first-order valence-electron chi connectivity index (χ1n) is 9.75. The Morgan fingerprint density at radius 3 is 2.74 bits per heavy atom. The molecule has 2 aromatic rings. The summed E-state index contributed by atoms with van der Waals surface area (Å²) in [6.45, 7) is 0.609. The molecule has 8 nitrogen and oxygen atoms in total. The topological polar surface area (TPSA) is 116 Å². The van der Waals surface area contributed by atoms with Gasteiger partial charge in [0.2, 0.25) is 0 Å². The summed E-state index contributed by atoms with van der Waals surface area (Å²) < 4.78 is 0. The number of nitrogens with zero attached hydrogens (tertiary/aromatic N) is 3. The Hall–Kier alpha value is -2.48. The van der Waals surface area contributed by atoms with E-state index >= 15 is 0 Å². The van der Waals surface area contributed by atoms with E-state index in [0.29, 0.717) is 30.8 Å². The van der Waals surface area contributed by atoms with Crippen LogP contribution in [0, 0.1) is 5.92 Å². The van der Waals surface area contributed by atoms with Gasteiger partial charge in [-0.15, -0.1) is 0 Å². The minimum absolute atomic E-state index is 0.291. The molecule has 0 aromatic carbocycles. The number of aliphatic carboxylic acids is 1. The summed E-state index contributed by atoms with van der Waals surface area (Å²) in [5.41, 5.74) is 1.19. The molecule has 0 bridgehead atoms. The van der Waals surface area contributed by atoms with Crippen LogP contribution in [0.4, 0.5) is 11.6 Å². The number of carbonyl (C=O) groups is 1. The standard InChI is InChI=1S/C19H26N6O2/c26-19(27)9-12-1-5-14(6-2-12)21-11-18-20-8-7-16(23-18)22-17-10-15(24-25-17)13-3-4-13/h7-8,10,12-14,21H,1-6,9,11H2,(H,26,27)(H2,20,22,23,24,25). The average Bonchev–Trinajstić information content (AvgIpc) is 3.41. The van der Waals surface area contributed by atoms with Crippen molar-refractivity contribution in [3.8, 4) is 0 Å². The number of hydrogen-bond donors (Lipinski definition) is 4. The maximum Gasteiger partial charge on any atom is 0.303 e. The van der Waals surface area contributed by atoms with Crippen LogP contribution in [0.3, 0.4) is 0 Å². The summed E-state index contributed by atoms with van der Waals surface area (Å²) in [6.07, 6.45) is 8.47. The van der Waals surface area contributed by atoms with Crippen LogP contribution in [-0.4, -0.2) is 37.3 Å². The summed E-state index contributed by atoms with van der Waals surface area (Å²) in [6, 6.07) is 4.29. The van der Waals surface area contributed by atoms with Crippen molar-refractivity contribution in [2.24, 2.45) is 5.92 Å². The van der Waals surface area contributed by atoms with Gasteiger partial charge in [0.25, 0.3) is 0 Å². The van der Waals surface area contributed by atoms with E-state index < -0.39 is 5.97 Å². The molecular formula is C19H26N6O2. The van der Waals surface area contributed by atoms with Crippen LogP contribution < -0.4 is 10.6 Å². The fourth-order valence-corrected chi connectivity index (χ4v) is 3.74. The molecule has 2 aliphatic carbocycles. The third-order valence-corrected chi connectivity index (χ3v) is 5.44. The number of nitrogens with one attached hydrogen (secondary N) is 3. The number of aromatic amines is 1. The van der Waals surface area contributed by atoms with E-state index in [1.807, 2.05) is 12.1 Å². The summed E-state index contributed by atoms with van der Waals surface area (Å²) in [7, 11) is 0. The Kier molecular flexibility index (Phi) is 5.33. The second-order valence-corrected chi connectivity index (χ2v) is 7.66. The lowest BCUT2D eigenvalue weighted by atomic mass is 9.84. The highest BCUT2D eigenvalue weighted by molar-refractivity contribution is 5.67. The summed E-state index contributed by atoms with van der Waals surface area (Å²) >= 11 is 0. The minimum Gasteiger partial charge on any atom is -0.481 e. The number of H-pyrrole nitrogens is 1. The molecule has 0 spiro atoms. The van der Waals surface area contributed by atoms with E-state index in [-0.39, 0.29) is 0 Å². The molecule has 2 aromatic heterocycles. The number of anilines is 2. The van der Waals surface area contributed by atoms with Crippen LogP contribution in [0.5, 0.6) is 0 Å². The Labute approximate surface area is 158 Å². The van der Waals surface area contributed by atoms with Gasteiger partial charge < -0.3 is 15.7 Å². The maximum atomic E-state index is 10.8. The molecule has 4 rings (SSSR count). The largest absolute Gasteiger partial charge is 0.481 e. The van der Waals surface area contributed by atoms with E-state index in [9.17, 15) is 4.79 Å². The van der Waals surface area contributed by atoms with Gasteiger partial charge >= 0.3 is 5.97 Å². The van der Waals surface area contributed by atoms with Crippen LogP contribution >= 0.6 is 0 Å². The van der Waals surface area contributed by atoms with Crippen molar-refractivity contribution < 1.29 is 9.90 Å². The normalized spacial score (nSPS) is 22.5. The van der Waals surface area contributed by atoms with E-state index in [1.165, 1.54) is 18.5 Å². The minimum atomic E-state index is -0.690. The lowest BCUT2D eigenvalue weighted by Crippen LogP contribution is -2.33. The number of carboxylic acids is 1. The van der Waals surface area contributed by atoms with Crippen LogP contribution in [0.15, 0.2) is 18.3 Å². The van der Waals surface area contributed by atoms with Crippen molar-refractivity contribution in [3.05, 3.63) is 29.8 Å². The van der Waals surface area contributed by atoms with Crippen LogP contribution in [-0.2, 0) is 11.3 Å². The summed E-state index contributed by atoms with van der Waals surface area (Å²) in [5.74, 6) is 2.53. The third-order valence-electron chi connectivity index (χ3n) is 5.44. The Morgan fingerprint density at radius 1 is 1.19 bits per heavy atom. The van der Waals surface area contributed by atoms with Gasteiger partial charge in [0.15, 0.2) is 5.82 Å². The molecule has 144 valence electrons. The fourth-order valence-electron chi connectivity index (χ4n) is 3.74. The quantitative estimate of drug-likeness (QED) is 0.564. The monoisotopic (exact) mass is 370 g/mol. The second-order valence-electron chi connectivity index (χ2n) is 7.66. The molecule has 8 heteroatoms. The first kappa shape index (κ1) is 17.9.